The minimum Gasteiger partial charge on any atom is -0.465 e. The maximum atomic E-state index is 12.1. The van der Waals surface area contributed by atoms with Crippen LogP contribution in [0.25, 0.3) is 0 Å². The first-order valence-electron chi connectivity index (χ1n) is 5.61. The van der Waals surface area contributed by atoms with Crippen molar-refractivity contribution in [2.75, 3.05) is 12.4 Å². The third kappa shape index (κ3) is 3.15. The van der Waals surface area contributed by atoms with Crippen LogP contribution in [0.5, 0.6) is 0 Å². The molecular weight excluding hydrogens is 300 g/mol. The maximum absolute atomic E-state index is 12.1. The van der Waals surface area contributed by atoms with Crippen LogP contribution in [0.3, 0.4) is 0 Å². The molecule has 0 saturated heterocycles. The van der Waals surface area contributed by atoms with Gasteiger partial charge in [0.05, 0.1) is 23.9 Å². The number of halogens is 1. The number of thiazole rings is 1. The number of benzene rings is 1. The van der Waals surface area contributed by atoms with Gasteiger partial charge in [-0.05, 0) is 25.1 Å². The molecule has 7 heteroatoms. The molecule has 104 valence electrons. The minimum absolute atomic E-state index is 0.274. The Kier molecular flexibility index (Phi) is 4.36. The van der Waals surface area contributed by atoms with Gasteiger partial charge < -0.3 is 10.1 Å². The number of nitrogens with one attached hydrogen (secondary N) is 1. The number of nitrogens with zero attached hydrogens (tertiary/aromatic N) is 1. The average molecular weight is 311 g/mol. The minimum atomic E-state index is -0.517. The molecule has 0 unspecified atom stereocenters. The second-order valence-electron chi connectivity index (χ2n) is 3.94. The Morgan fingerprint density at radius 1 is 1.35 bits per heavy atom. The fraction of sp³-hybridized carbons (Fsp3) is 0.154. The second kappa shape index (κ2) is 6.02. The van der Waals surface area contributed by atoms with Crippen molar-refractivity contribution in [1.82, 2.24) is 4.98 Å². The van der Waals surface area contributed by atoms with Crippen LogP contribution in [0.2, 0.25) is 5.02 Å². The highest BCUT2D eigenvalue weighted by molar-refractivity contribution is 7.12. The Labute approximate surface area is 124 Å². The molecule has 0 saturated carbocycles. The molecule has 0 aliphatic heterocycles. The van der Waals surface area contributed by atoms with Crippen LogP contribution in [0.15, 0.2) is 23.7 Å². The molecule has 0 bridgehead atoms. The summed E-state index contributed by atoms with van der Waals surface area (Å²) in [7, 11) is 1.28. The van der Waals surface area contributed by atoms with E-state index in [9.17, 15) is 9.59 Å². The van der Waals surface area contributed by atoms with E-state index in [1.165, 1.54) is 30.6 Å². The number of anilines is 1. The molecule has 0 atom stereocenters. The Bertz CT molecular complexity index is 669. The topological polar surface area (TPSA) is 68.3 Å². The van der Waals surface area contributed by atoms with E-state index >= 15 is 0 Å². The Morgan fingerprint density at radius 2 is 2.10 bits per heavy atom. The molecule has 2 rings (SSSR count). The lowest BCUT2D eigenvalue weighted by atomic mass is 10.2. The van der Waals surface area contributed by atoms with Gasteiger partial charge in [-0.3, -0.25) is 4.79 Å². The quantitative estimate of drug-likeness (QED) is 0.884. The van der Waals surface area contributed by atoms with Gasteiger partial charge in [0.1, 0.15) is 4.88 Å². The number of amides is 1. The van der Waals surface area contributed by atoms with E-state index in [1.807, 2.05) is 0 Å². The van der Waals surface area contributed by atoms with Gasteiger partial charge in [-0.25, -0.2) is 9.78 Å². The summed E-state index contributed by atoms with van der Waals surface area (Å²) in [5.74, 6) is -0.806. The zero-order valence-corrected chi connectivity index (χ0v) is 12.3. The fourth-order valence-corrected chi connectivity index (χ4v) is 2.54. The number of esters is 1. The van der Waals surface area contributed by atoms with Gasteiger partial charge in [0.25, 0.3) is 5.91 Å². The summed E-state index contributed by atoms with van der Waals surface area (Å²) >= 11 is 7.17. The van der Waals surface area contributed by atoms with E-state index in [-0.39, 0.29) is 11.5 Å². The number of carbonyl (C=O) groups excluding carboxylic acids is 2. The SMILES string of the molecule is COC(=O)c1cc(Cl)cc(NC(=O)c2scnc2C)c1. The van der Waals surface area contributed by atoms with Crippen molar-refractivity contribution >= 4 is 40.5 Å². The highest BCUT2D eigenvalue weighted by atomic mass is 35.5. The number of methoxy groups -OCH3 is 1. The summed E-state index contributed by atoms with van der Waals surface area (Å²) in [5, 5.41) is 3.02. The van der Waals surface area contributed by atoms with Crippen molar-refractivity contribution in [2.24, 2.45) is 0 Å². The van der Waals surface area contributed by atoms with Crippen LogP contribution in [-0.4, -0.2) is 24.0 Å². The first kappa shape index (κ1) is 14.5. The van der Waals surface area contributed by atoms with E-state index in [4.69, 9.17) is 11.6 Å². The number of aryl methyl sites for hydroxylation is 1. The van der Waals surface area contributed by atoms with Crippen LogP contribution < -0.4 is 5.32 Å². The lowest BCUT2D eigenvalue weighted by molar-refractivity contribution is 0.0600. The van der Waals surface area contributed by atoms with Crippen molar-refractivity contribution < 1.29 is 14.3 Å². The fourth-order valence-electron chi connectivity index (χ4n) is 1.61. The summed E-state index contributed by atoms with van der Waals surface area (Å²) in [4.78, 5) is 28.1. The van der Waals surface area contributed by atoms with Crippen LogP contribution >= 0.6 is 22.9 Å². The summed E-state index contributed by atoms with van der Waals surface area (Å²) in [6, 6.07) is 4.54. The lowest BCUT2D eigenvalue weighted by Crippen LogP contribution is -2.12. The molecule has 0 spiro atoms. The summed E-state index contributed by atoms with van der Waals surface area (Å²) in [5.41, 5.74) is 2.96. The van der Waals surface area contributed by atoms with Crippen LogP contribution in [0.4, 0.5) is 5.69 Å². The first-order valence-corrected chi connectivity index (χ1v) is 6.87. The predicted octanol–water partition coefficient (Wildman–Crippen LogP) is 3.14. The molecule has 5 nitrogen and oxygen atoms in total. The molecule has 0 aliphatic carbocycles. The smallest absolute Gasteiger partial charge is 0.337 e. The normalized spacial score (nSPS) is 10.2. The van der Waals surface area contributed by atoms with Crippen molar-refractivity contribution in [3.05, 3.63) is 44.9 Å². The molecule has 0 aliphatic rings. The summed E-state index contributed by atoms with van der Waals surface area (Å²) < 4.78 is 4.62. The van der Waals surface area contributed by atoms with Gasteiger partial charge in [-0.2, -0.15) is 0 Å². The van der Waals surface area contributed by atoms with Gasteiger partial charge in [0, 0.05) is 10.7 Å². The van der Waals surface area contributed by atoms with Crippen LogP contribution in [0, 0.1) is 6.92 Å². The molecule has 1 aromatic heterocycles. The van der Waals surface area contributed by atoms with E-state index in [1.54, 1.807) is 18.5 Å². The van der Waals surface area contributed by atoms with Crippen molar-refractivity contribution in [1.29, 1.82) is 0 Å². The number of hydrogen-bond donors (Lipinski definition) is 1. The number of ether oxygens (including phenoxy) is 1. The molecular formula is C13H11ClN2O3S. The van der Waals surface area contributed by atoms with E-state index < -0.39 is 5.97 Å². The highest BCUT2D eigenvalue weighted by Crippen LogP contribution is 2.21. The molecule has 2 aromatic rings. The monoisotopic (exact) mass is 310 g/mol. The average Bonchev–Trinajstić information content (AvgIpc) is 2.83. The molecule has 0 radical (unpaired) electrons. The Balaban J connectivity index is 2.26. The third-order valence-corrected chi connectivity index (χ3v) is 3.67. The number of rotatable bonds is 3. The van der Waals surface area contributed by atoms with Gasteiger partial charge in [0.2, 0.25) is 0 Å². The van der Waals surface area contributed by atoms with E-state index in [0.29, 0.717) is 21.3 Å². The van der Waals surface area contributed by atoms with Gasteiger partial charge in [-0.1, -0.05) is 11.6 Å². The Morgan fingerprint density at radius 3 is 2.70 bits per heavy atom. The van der Waals surface area contributed by atoms with Crippen molar-refractivity contribution in [2.45, 2.75) is 6.92 Å². The van der Waals surface area contributed by atoms with Crippen molar-refractivity contribution in [3.8, 4) is 0 Å². The molecule has 1 aromatic carbocycles. The molecule has 20 heavy (non-hydrogen) atoms. The van der Waals surface area contributed by atoms with Crippen LogP contribution in [0.1, 0.15) is 25.7 Å². The van der Waals surface area contributed by atoms with Gasteiger partial charge in [-0.15, -0.1) is 11.3 Å². The van der Waals surface area contributed by atoms with Gasteiger partial charge in [0.15, 0.2) is 0 Å². The zero-order valence-electron chi connectivity index (χ0n) is 10.8. The first-order chi connectivity index (χ1) is 9.51. The van der Waals surface area contributed by atoms with E-state index in [2.05, 4.69) is 15.0 Å². The molecule has 1 heterocycles. The zero-order chi connectivity index (χ0) is 14.7. The number of aromatic nitrogens is 1. The number of carbonyl (C=O) groups is 2. The van der Waals surface area contributed by atoms with E-state index in [0.717, 1.165) is 0 Å². The largest absolute Gasteiger partial charge is 0.465 e. The number of hydrogen-bond acceptors (Lipinski definition) is 5. The van der Waals surface area contributed by atoms with Gasteiger partial charge >= 0.3 is 5.97 Å². The maximum Gasteiger partial charge on any atom is 0.337 e. The van der Waals surface area contributed by atoms with Crippen molar-refractivity contribution in [3.63, 3.8) is 0 Å². The molecule has 1 N–H and O–H groups in total. The molecule has 1 amide bonds. The standard InChI is InChI=1S/C13H11ClN2O3S/c1-7-11(20-6-15-7)12(17)16-10-4-8(13(18)19-2)3-9(14)5-10/h3-6H,1-2H3,(H,16,17). The molecule has 0 fully saturated rings. The highest BCUT2D eigenvalue weighted by Gasteiger charge is 2.14. The second-order valence-corrected chi connectivity index (χ2v) is 5.23. The van der Waals surface area contributed by atoms with Crippen LogP contribution in [-0.2, 0) is 4.74 Å². The summed E-state index contributed by atoms with van der Waals surface area (Å²) in [6.07, 6.45) is 0. The third-order valence-electron chi connectivity index (χ3n) is 2.53. The summed E-state index contributed by atoms with van der Waals surface area (Å²) in [6.45, 7) is 1.75. The predicted molar refractivity (Wildman–Crippen MR) is 77.6 cm³/mol. The Hall–Kier alpha value is -1.92. The lowest BCUT2D eigenvalue weighted by Gasteiger charge is -2.07.